The first-order valence-electron chi connectivity index (χ1n) is 13.9. The number of carbonyl (C=O) groups is 1. The van der Waals surface area contributed by atoms with Crippen LogP contribution in [0.5, 0.6) is 11.8 Å². The number of nitrogens with zero attached hydrogens (tertiary/aromatic N) is 5. The average Bonchev–Trinajstić information content (AvgIpc) is 3.17. The van der Waals surface area contributed by atoms with Crippen molar-refractivity contribution in [3.05, 3.63) is 143 Å². The second-order valence-electron chi connectivity index (χ2n) is 8.89. The summed E-state index contributed by atoms with van der Waals surface area (Å²) in [6.07, 6.45) is 15.2. The van der Waals surface area contributed by atoms with Gasteiger partial charge in [-0.3, -0.25) is 24.5 Å². The number of methoxy groups -OCH3 is 2. The van der Waals surface area contributed by atoms with Gasteiger partial charge in [0.2, 0.25) is 17.3 Å². The van der Waals surface area contributed by atoms with E-state index in [1.165, 1.54) is 12.3 Å². The molecule has 0 aliphatic carbocycles. The van der Waals surface area contributed by atoms with Crippen LogP contribution >= 0.6 is 32.9 Å². The maximum atomic E-state index is 10.8. The number of aromatic nitrogens is 6. The van der Waals surface area contributed by atoms with E-state index in [2.05, 4.69) is 50.7 Å². The van der Waals surface area contributed by atoms with Gasteiger partial charge in [0, 0.05) is 101 Å². The second-order valence-corrected chi connectivity index (χ2v) is 9.80. The van der Waals surface area contributed by atoms with Gasteiger partial charge in [-0.25, -0.2) is 9.97 Å². The predicted octanol–water partition coefficient (Wildman–Crippen LogP) is -2.03. The van der Waals surface area contributed by atoms with Crippen molar-refractivity contribution in [2.24, 2.45) is 0 Å². The molecule has 6 aromatic rings. The molecule has 6 rings (SSSR count). The first-order chi connectivity index (χ1) is 23.8. The van der Waals surface area contributed by atoms with Crippen LogP contribution in [0, 0.1) is 0 Å². The van der Waals surface area contributed by atoms with E-state index in [9.17, 15) is 4.79 Å². The molecular weight excluding hydrogens is 869 g/mol. The summed E-state index contributed by atoms with van der Waals surface area (Å²) in [4.78, 5) is 44.4. The fourth-order valence-electron chi connectivity index (χ4n) is 3.34. The van der Waals surface area contributed by atoms with Crippen molar-refractivity contribution >= 4 is 52.0 Å². The molecule has 0 bridgehead atoms. The van der Waals surface area contributed by atoms with Gasteiger partial charge in [-0.15, -0.1) is 17.0 Å². The first-order valence-corrected chi connectivity index (χ1v) is 14.7. The largest absolute Gasteiger partial charge is 1.00 e. The molecule has 0 amide bonds. The zero-order valence-corrected chi connectivity index (χ0v) is 38.2. The van der Waals surface area contributed by atoms with Gasteiger partial charge >= 0.3 is 110 Å². The average molecular weight is 907 g/mol. The number of aromatic amines is 1. The van der Waals surface area contributed by atoms with Crippen LogP contribution in [-0.4, -0.2) is 67.8 Å². The maximum absolute atomic E-state index is 10.8. The van der Waals surface area contributed by atoms with E-state index in [0.717, 1.165) is 26.7 Å². The Morgan fingerprint density at radius 1 is 0.736 bits per heavy atom. The quantitative estimate of drug-likeness (QED) is 0.0716. The van der Waals surface area contributed by atoms with Gasteiger partial charge in [-0.05, 0) is 57.9 Å². The second kappa shape index (κ2) is 34.4. The van der Waals surface area contributed by atoms with Gasteiger partial charge in [0.15, 0.2) is 0 Å². The summed E-state index contributed by atoms with van der Waals surface area (Å²) in [5.41, 5.74) is 4.39. The summed E-state index contributed by atoms with van der Waals surface area (Å²) in [6.45, 7) is -0.181. The zero-order valence-electron chi connectivity index (χ0n) is 29.6. The monoisotopic (exact) mass is 904 g/mol. The molecule has 0 saturated carbocycles. The predicted molar refractivity (Wildman–Crippen MR) is 202 cm³/mol. The third-order valence-corrected chi connectivity index (χ3v) is 6.12. The van der Waals surface area contributed by atoms with Crippen LogP contribution in [0.2, 0.25) is 0 Å². The van der Waals surface area contributed by atoms with Gasteiger partial charge in [0.25, 0.3) is 6.47 Å². The van der Waals surface area contributed by atoms with Crippen molar-refractivity contribution in [1.82, 2.24) is 29.9 Å². The number of carbonyl (C=O) groups excluding carboxylic acids is 1. The van der Waals surface area contributed by atoms with Crippen LogP contribution in [0.1, 0.15) is 8.85 Å². The first kappa shape index (κ1) is 55.3. The van der Waals surface area contributed by atoms with Gasteiger partial charge in [0.05, 0.1) is 14.2 Å². The van der Waals surface area contributed by atoms with Crippen molar-refractivity contribution in [2.45, 2.75) is 7.43 Å². The van der Waals surface area contributed by atoms with Crippen LogP contribution in [0.25, 0.3) is 22.3 Å². The Hall–Kier alpha value is -2.05. The van der Waals surface area contributed by atoms with Crippen molar-refractivity contribution < 1.29 is 139 Å². The third-order valence-electron chi connectivity index (χ3n) is 5.65. The van der Waals surface area contributed by atoms with Crippen molar-refractivity contribution in [3.8, 4) is 34.0 Å². The molecule has 6 heterocycles. The third kappa shape index (κ3) is 24.2. The molecule has 0 aromatic carbocycles. The Morgan fingerprint density at radius 2 is 1.21 bits per heavy atom. The standard InChI is InChI=1S/C11H10N2O.C10H8N2O.C6H6BrNO.C5H6BNO2.CH2O3.CH4.BrH.2K.H/c1-14-11-5-4-10(8-13-11)9-3-2-6-12-7-9;13-10-4-3-9(7-12-10)8-2-1-5-11-6-8;1-9-6-3-2-5(7)4-8-6;8-6(9)5-2-1-3-7-4-5;2-1-4-3;;;;;/h2-8H,1H3;1-7H,(H,12,13);2-4H,1H3;1-4,8-9H;1,3H;1H4;1H;;;/q;;;;;;;2*+1;-1/p-1. The fraction of sp³-hybridized carbons (Fsp3) is 0.0882. The molecule has 0 unspecified atom stereocenters. The molecule has 270 valence electrons. The number of hydrogen-bond acceptors (Lipinski definition) is 13. The Bertz CT molecular complexity index is 1800. The molecule has 0 spiro atoms. The van der Waals surface area contributed by atoms with E-state index in [-0.39, 0.29) is 141 Å². The molecule has 0 saturated heterocycles. The maximum Gasteiger partial charge on any atom is 1.00 e. The summed E-state index contributed by atoms with van der Waals surface area (Å²) in [6, 6.07) is 21.7. The van der Waals surface area contributed by atoms with Crippen molar-refractivity contribution in [1.29, 1.82) is 0 Å². The SMILES string of the molecule is Br.C.COc1ccc(-c2cccnc2)cn1.COc1ccc(Br)cn1.O=CO[O-].O=c1ccc(-c2cccnc2)c[nH]1.OB(O)c1cccnc1.[H-].[K+].[K+]. The van der Waals surface area contributed by atoms with Crippen LogP contribution in [0.4, 0.5) is 0 Å². The number of pyridine rings is 6. The van der Waals surface area contributed by atoms with Crippen molar-refractivity contribution in [2.75, 3.05) is 14.2 Å². The van der Waals surface area contributed by atoms with E-state index in [0.29, 0.717) is 17.2 Å². The normalized spacial score (nSPS) is 8.49. The molecule has 0 atom stereocenters. The van der Waals surface area contributed by atoms with Gasteiger partial charge in [0.1, 0.15) is 0 Å². The van der Waals surface area contributed by atoms with E-state index in [4.69, 9.17) is 29.6 Å². The minimum absolute atomic E-state index is 0. The summed E-state index contributed by atoms with van der Waals surface area (Å²) in [7, 11) is 1.79. The number of nitrogens with one attached hydrogen (secondary N) is 1. The minimum Gasteiger partial charge on any atom is -1.00 e. The summed E-state index contributed by atoms with van der Waals surface area (Å²) in [5, 5.41) is 25.5. The molecule has 0 aliphatic heterocycles. The molecular formula is C34H37BBr2K2N6O8. The zero-order chi connectivity index (χ0) is 35.7. The van der Waals surface area contributed by atoms with E-state index >= 15 is 0 Å². The Balaban J connectivity index is -0.000000294. The molecule has 0 fully saturated rings. The van der Waals surface area contributed by atoms with Gasteiger partial charge in [-0.1, -0.05) is 25.6 Å². The minimum atomic E-state index is -1.40. The number of rotatable bonds is 6. The number of hydrogen-bond donors (Lipinski definition) is 3. The van der Waals surface area contributed by atoms with Gasteiger partial charge < -0.3 is 36.1 Å². The fourth-order valence-corrected chi connectivity index (χ4v) is 3.58. The number of H-pyrrole nitrogens is 1. The van der Waals surface area contributed by atoms with Crippen LogP contribution in [0.15, 0.2) is 138 Å². The number of ether oxygens (including phenoxy) is 2. The summed E-state index contributed by atoms with van der Waals surface area (Å²) in [5.74, 6) is 1.26. The molecule has 14 nitrogen and oxygen atoms in total. The molecule has 6 aromatic heterocycles. The van der Waals surface area contributed by atoms with E-state index < -0.39 is 7.12 Å². The Kier molecular flexibility index (Phi) is 35.9. The molecule has 19 heteroatoms. The summed E-state index contributed by atoms with van der Waals surface area (Å²) < 4.78 is 10.8. The van der Waals surface area contributed by atoms with Crippen LogP contribution < -0.4 is 129 Å². The molecule has 3 N–H and O–H groups in total. The Morgan fingerprint density at radius 3 is 1.55 bits per heavy atom. The molecule has 0 aliphatic rings. The number of halogens is 2. The Labute approximate surface area is 413 Å². The van der Waals surface area contributed by atoms with E-state index in [1.807, 2.05) is 48.7 Å². The van der Waals surface area contributed by atoms with Crippen LogP contribution in [-0.2, 0) is 9.68 Å². The van der Waals surface area contributed by atoms with Crippen molar-refractivity contribution in [3.63, 3.8) is 0 Å². The topological polar surface area (TPSA) is 206 Å². The van der Waals surface area contributed by atoms with Crippen LogP contribution in [0.3, 0.4) is 0 Å². The van der Waals surface area contributed by atoms with E-state index in [1.54, 1.807) is 81.9 Å². The summed E-state index contributed by atoms with van der Waals surface area (Å²) >= 11 is 3.26. The molecule has 0 radical (unpaired) electrons. The van der Waals surface area contributed by atoms with Gasteiger partial charge in [-0.2, -0.15) is 0 Å². The smallest absolute Gasteiger partial charge is 1.00 e. The molecule has 53 heavy (non-hydrogen) atoms.